The van der Waals surface area contributed by atoms with Gasteiger partial charge in [0.1, 0.15) is 0 Å². The molecular formula is C19H22N2O3. The molecule has 0 bridgehead atoms. The van der Waals surface area contributed by atoms with Crippen molar-refractivity contribution < 1.29 is 14.7 Å². The Kier molecular flexibility index (Phi) is 6.98. The average molecular weight is 326 g/mol. The monoisotopic (exact) mass is 326 g/mol. The van der Waals surface area contributed by atoms with Crippen molar-refractivity contribution in [3.05, 3.63) is 71.3 Å². The van der Waals surface area contributed by atoms with Gasteiger partial charge < -0.3 is 15.7 Å². The first kappa shape index (κ1) is 17.7. The fraction of sp³-hybridized carbons (Fsp3) is 0.263. The van der Waals surface area contributed by atoms with E-state index in [9.17, 15) is 14.7 Å². The third kappa shape index (κ3) is 5.52. The van der Waals surface area contributed by atoms with E-state index in [1.54, 1.807) is 6.07 Å². The number of aliphatic hydroxyl groups excluding tert-OH is 1. The molecule has 3 N–H and O–H groups in total. The molecule has 0 radical (unpaired) electrons. The van der Waals surface area contributed by atoms with Crippen molar-refractivity contribution >= 4 is 11.8 Å². The molecule has 126 valence electrons. The highest BCUT2D eigenvalue weighted by atomic mass is 16.3. The summed E-state index contributed by atoms with van der Waals surface area (Å²) in [5, 5.41) is 14.4. The van der Waals surface area contributed by atoms with Crippen LogP contribution < -0.4 is 10.6 Å². The first-order valence-corrected chi connectivity index (χ1v) is 7.98. The smallest absolute Gasteiger partial charge is 0.309 e. The second-order valence-electron chi connectivity index (χ2n) is 5.45. The van der Waals surface area contributed by atoms with Crippen LogP contribution in [-0.2, 0) is 29.2 Å². The first-order chi connectivity index (χ1) is 11.7. The van der Waals surface area contributed by atoms with E-state index in [0.29, 0.717) is 6.54 Å². The number of carbonyl (C=O) groups excluding carboxylic acids is 2. The summed E-state index contributed by atoms with van der Waals surface area (Å²) in [7, 11) is 0. The Balaban J connectivity index is 1.69. The van der Waals surface area contributed by atoms with Gasteiger partial charge in [-0.05, 0) is 29.5 Å². The number of carbonyl (C=O) groups is 2. The molecule has 0 aliphatic carbocycles. The summed E-state index contributed by atoms with van der Waals surface area (Å²) in [6.45, 7) is 0.569. The van der Waals surface area contributed by atoms with Crippen LogP contribution in [0.4, 0.5) is 0 Å². The van der Waals surface area contributed by atoms with Gasteiger partial charge in [-0.3, -0.25) is 9.59 Å². The second kappa shape index (κ2) is 9.47. The van der Waals surface area contributed by atoms with Crippen molar-refractivity contribution in [2.45, 2.75) is 26.0 Å². The minimum atomic E-state index is -0.664. The fourth-order valence-electron chi connectivity index (χ4n) is 2.36. The van der Waals surface area contributed by atoms with Crippen LogP contribution in [0.5, 0.6) is 0 Å². The van der Waals surface area contributed by atoms with Crippen LogP contribution >= 0.6 is 0 Å². The second-order valence-corrected chi connectivity index (χ2v) is 5.45. The van der Waals surface area contributed by atoms with Crippen LogP contribution in [0.3, 0.4) is 0 Å². The largest absolute Gasteiger partial charge is 0.392 e. The van der Waals surface area contributed by atoms with Crippen LogP contribution in [-0.4, -0.2) is 23.5 Å². The molecule has 0 unspecified atom stereocenters. The zero-order valence-electron chi connectivity index (χ0n) is 13.5. The third-order valence-electron chi connectivity index (χ3n) is 3.70. The Hall–Kier alpha value is -2.66. The molecule has 2 aromatic rings. The van der Waals surface area contributed by atoms with Crippen molar-refractivity contribution in [3.8, 4) is 0 Å². The minimum absolute atomic E-state index is 0.0995. The molecule has 2 amide bonds. The molecule has 5 nitrogen and oxygen atoms in total. The highest BCUT2D eigenvalue weighted by molar-refractivity contribution is 6.35. The number of amides is 2. The molecule has 2 rings (SSSR count). The van der Waals surface area contributed by atoms with Gasteiger partial charge in [0.05, 0.1) is 6.61 Å². The molecule has 0 aliphatic heterocycles. The van der Waals surface area contributed by atoms with Gasteiger partial charge in [-0.25, -0.2) is 0 Å². The lowest BCUT2D eigenvalue weighted by atomic mass is 10.1. The minimum Gasteiger partial charge on any atom is -0.392 e. The molecule has 24 heavy (non-hydrogen) atoms. The van der Waals surface area contributed by atoms with E-state index < -0.39 is 11.8 Å². The molecule has 2 aromatic carbocycles. The lowest BCUT2D eigenvalue weighted by Gasteiger charge is -2.09. The van der Waals surface area contributed by atoms with Crippen molar-refractivity contribution in [3.63, 3.8) is 0 Å². The normalized spacial score (nSPS) is 10.2. The summed E-state index contributed by atoms with van der Waals surface area (Å²) in [5.74, 6) is -1.30. The Labute approximate surface area is 141 Å². The van der Waals surface area contributed by atoms with Gasteiger partial charge >= 0.3 is 11.8 Å². The SMILES string of the molecule is O=C(NCCCc1ccccc1)C(=O)NCc1ccccc1CO. The molecule has 0 saturated heterocycles. The maximum Gasteiger partial charge on any atom is 0.309 e. The molecule has 0 fully saturated rings. The van der Waals surface area contributed by atoms with Gasteiger partial charge in [-0.2, -0.15) is 0 Å². The maximum atomic E-state index is 11.8. The van der Waals surface area contributed by atoms with E-state index >= 15 is 0 Å². The molecular weight excluding hydrogens is 304 g/mol. The van der Waals surface area contributed by atoms with Gasteiger partial charge in [0.2, 0.25) is 0 Å². The molecule has 0 aromatic heterocycles. The lowest BCUT2D eigenvalue weighted by molar-refractivity contribution is -0.139. The quantitative estimate of drug-likeness (QED) is 0.533. The van der Waals surface area contributed by atoms with Crippen molar-refractivity contribution in [1.82, 2.24) is 10.6 Å². The van der Waals surface area contributed by atoms with E-state index in [-0.39, 0.29) is 13.2 Å². The number of hydrogen-bond acceptors (Lipinski definition) is 3. The summed E-state index contributed by atoms with van der Waals surface area (Å²) in [6, 6.07) is 17.2. The maximum absolute atomic E-state index is 11.8. The number of nitrogens with one attached hydrogen (secondary N) is 2. The van der Waals surface area contributed by atoms with E-state index in [1.807, 2.05) is 48.5 Å². The Bertz CT molecular complexity index is 671. The van der Waals surface area contributed by atoms with E-state index in [0.717, 1.165) is 24.0 Å². The summed E-state index contributed by atoms with van der Waals surface area (Å²) in [5.41, 5.74) is 2.74. The summed E-state index contributed by atoms with van der Waals surface area (Å²) in [6.07, 6.45) is 1.63. The van der Waals surface area contributed by atoms with Crippen LogP contribution in [0.15, 0.2) is 54.6 Å². The van der Waals surface area contributed by atoms with Crippen molar-refractivity contribution in [1.29, 1.82) is 0 Å². The zero-order chi connectivity index (χ0) is 17.2. The molecule has 0 saturated carbocycles. The molecule has 0 aliphatic rings. The van der Waals surface area contributed by atoms with E-state index in [1.165, 1.54) is 5.56 Å². The molecule has 0 atom stereocenters. The summed E-state index contributed by atoms with van der Waals surface area (Å²) >= 11 is 0. The highest BCUT2D eigenvalue weighted by Gasteiger charge is 2.12. The molecule has 0 spiro atoms. The fourth-order valence-corrected chi connectivity index (χ4v) is 2.36. The highest BCUT2D eigenvalue weighted by Crippen LogP contribution is 2.07. The van der Waals surface area contributed by atoms with Gasteiger partial charge in [0.25, 0.3) is 0 Å². The van der Waals surface area contributed by atoms with Crippen LogP contribution in [0, 0.1) is 0 Å². The van der Waals surface area contributed by atoms with E-state index in [4.69, 9.17) is 0 Å². The van der Waals surface area contributed by atoms with Gasteiger partial charge in [0.15, 0.2) is 0 Å². The number of rotatable bonds is 7. The molecule has 0 heterocycles. The number of hydrogen-bond donors (Lipinski definition) is 3. The predicted molar refractivity (Wildman–Crippen MR) is 92.0 cm³/mol. The predicted octanol–water partition coefficient (Wildman–Crippen LogP) is 1.54. The zero-order valence-corrected chi connectivity index (χ0v) is 13.5. The third-order valence-corrected chi connectivity index (χ3v) is 3.70. The number of aliphatic hydroxyl groups is 1. The van der Waals surface area contributed by atoms with Crippen molar-refractivity contribution in [2.75, 3.05) is 6.54 Å². The summed E-state index contributed by atoms with van der Waals surface area (Å²) in [4.78, 5) is 23.6. The van der Waals surface area contributed by atoms with Gasteiger partial charge in [0, 0.05) is 13.1 Å². The van der Waals surface area contributed by atoms with Crippen LogP contribution in [0.1, 0.15) is 23.1 Å². The Morgan fingerprint density at radius 1 is 0.833 bits per heavy atom. The first-order valence-electron chi connectivity index (χ1n) is 7.98. The number of benzene rings is 2. The number of aryl methyl sites for hydroxylation is 1. The van der Waals surface area contributed by atoms with Gasteiger partial charge in [-0.1, -0.05) is 54.6 Å². The topological polar surface area (TPSA) is 78.4 Å². The van der Waals surface area contributed by atoms with Crippen molar-refractivity contribution in [2.24, 2.45) is 0 Å². The Morgan fingerprint density at radius 3 is 2.17 bits per heavy atom. The van der Waals surface area contributed by atoms with Crippen LogP contribution in [0.2, 0.25) is 0 Å². The lowest BCUT2D eigenvalue weighted by Crippen LogP contribution is -2.40. The van der Waals surface area contributed by atoms with Crippen LogP contribution in [0.25, 0.3) is 0 Å². The molecule has 5 heteroatoms. The average Bonchev–Trinajstić information content (AvgIpc) is 2.64. The standard InChI is InChI=1S/C19H22N2O3/c22-14-17-11-5-4-10-16(17)13-21-19(24)18(23)20-12-6-9-15-7-2-1-3-8-15/h1-5,7-8,10-11,22H,6,9,12-14H2,(H,20,23)(H,21,24). The summed E-state index contributed by atoms with van der Waals surface area (Å²) < 4.78 is 0. The van der Waals surface area contributed by atoms with E-state index in [2.05, 4.69) is 10.6 Å². The Morgan fingerprint density at radius 2 is 1.46 bits per heavy atom. The van der Waals surface area contributed by atoms with Gasteiger partial charge in [-0.15, -0.1) is 0 Å².